The van der Waals surface area contributed by atoms with E-state index in [0.717, 1.165) is 28.7 Å². The number of hydrogen-bond acceptors (Lipinski definition) is 3. The molecule has 18 heavy (non-hydrogen) atoms. The highest BCUT2D eigenvalue weighted by Gasteiger charge is 2.08. The SMILES string of the molecule is CC(C)COCCn1c(N)nc2ccc(Br)cc21. The van der Waals surface area contributed by atoms with Gasteiger partial charge in [-0.05, 0) is 24.1 Å². The van der Waals surface area contributed by atoms with Crippen molar-refractivity contribution in [1.82, 2.24) is 9.55 Å². The first-order valence-corrected chi connectivity index (χ1v) is 6.86. The van der Waals surface area contributed by atoms with Crippen LogP contribution in [0.1, 0.15) is 13.8 Å². The first-order chi connectivity index (χ1) is 8.58. The minimum Gasteiger partial charge on any atom is -0.379 e. The summed E-state index contributed by atoms with van der Waals surface area (Å²) in [6.45, 7) is 6.43. The standard InChI is InChI=1S/C13H18BrN3O/c1-9(2)8-18-6-5-17-12-7-10(14)3-4-11(12)16-13(17)15/h3-4,7,9H,5-6,8H2,1-2H3,(H2,15,16). The van der Waals surface area contributed by atoms with Gasteiger partial charge in [-0.25, -0.2) is 4.98 Å². The van der Waals surface area contributed by atoms with Crippen molar-refractivity contribution >= 4 is 32.9 Å². The molecule has 98 valence electrons. The van der Waals surface area contributed by atoms with Crippen molar-refractivity contribution < 1.29 is 4.74 Å². The topological polar surface area (TPSA) is 53.1 Å². The third-order valence-electron chi connectivity index (χ3n) is 2.65. The number of fused-ring (bicyclic) bond motifs is 1. The number of halogens is 1. The van der Waals surface area contributed by atoms with Gasteiger partial charge in [0.15, 0.2) is 0 Å². The number of nitrogen functional groups attached to an aromatic ring is 1. The van der Waals surface area contributed by atoms with Gasteiger partial charge in [0.25, 0.3) is 0 Å². The van der Waals surface area contributed by atoms with E-state index in [9.17, 15) is 0 Å². The summed E-state index contributed by atoms with van der Waals surface area (Å²) in [4.78, 5) is 4.33. The molecule has 0 aliphatic heterocycles. The van der Waals surface area contributed by atoms with Gasteiger partial charge in [0.1, 0.15) is 0 Å². The van der Waals surface area contributed by atoms with Gasteiger partial charge in [-0.1, -0.05) is 29.8 Å². The van der Waals surface area contributed by atoms with Gasteiger partial charge < -0.3 is 15.0 Å². The molecule has 0 saturated heterocycles. The second-order valence-corrected chi connectivity index (χ2v) is 5.64. The van der Waals surface area contributed by atoms with Gasteiger partial charge in [0, 0.05) is 17.6 Å². The zero-order valence-electron chi connectivity index (χ0n) is 10.7. The fraction of sp³-hybridized carbons (Fsp3) is 0.462. The minimum atomic E-state index is 0.538. The van der Waals surface area contributed by atoms with E-state index in [1.807, 2.05) is 22.8 Å². The van der Waals surface area contributed by atoms with Crippen LogP contribution in [-0.4, -0.2) is 22.8 Å². The molecule has 2 N–H and O–H groups in total. The average molecular weight is 312 g/mol. The normalized spacial score (nSPS) is 11.6. The van der Waals surface area contributed by atoms with E-state index in [4.69, 9.17) is 10.5 Å². The van der Waals surface area contributed by atoms with Gasteiger partial charge >= 0.3 is 0 Å². The molecule has 0 unspecified atom stereocenters. The van der Waals surface area contributed by atoms with Gasteiger partial charge in [0.05, 0.1) is 17.6 Å². The fourth-order valence-corrected chi connectivity index (χ4v) is 2.17. The lowest BCUT2D eigenvalue weighted by atomic mass is 10.2. The lowest BCUT2D eigenvalue weighted by molar-refractivity contribution is 0.104. The van der Waals surface area contributed by atoms with Crippen LogP contribution >= 0.6 is 15.9 Å². The molecular formula is C13H18BrN3O. The Labute approximate surface area is 115 Å². The molecule has 5 heteroatoms. The van der Waals surface area contributed by atoms with Crippen molar-refractivity contribution in [3.8, 4) is 0 Å². The number of nitrogens with zero attached hydrogens (tertiary/aromatic N) is 2. The van der Waals surface area contributed by atoms with Gasteiger partial charge in [0.2, 0.25) is 5.95 Å². The Morgan fingerprint density at radius 2 is 2.22 bits per heavy atom. The van der Waals surface area contributed by atoms with E-state index in [2.05, 4.69) is 34.8 Å². The lowest BCUT2D eigenvalue weighted by Gasteiger charge is -2.09. The molecular weight excluding hydrogens is 294 g/mol. The smallest absolute Gasteiger partial charge is 0.201 e. The summed E-state index contributed by atoms with van der Waals surface area (Å²) < 4.78 is 8.60. The molecule has 0 fully saturated rings. The summed E-state index contributed by atoms with van der Waals surface area (Å²) >= 11 is 3.46. The van der Waals surface area contributed by atoms with Gasteiger partial charge in [-0.15, -0.1) is 0 Å². The number of ether oxygens (including phenoxy) is 1. The summed E-state index contributed by atoms with van der Waals surface area (Å²) in [5.74, 6) is 1.09. The molecule has 0 atom stereocenters. The fourth-order valence-electron chi connectivity index (χ4n) is 1.82. The predicted molar refractivity (Wildman–Crippen MR) is 77.5 cm³/mol. The van der Waals surface area contributed by atoms with E-state index in [1.54, 1.807) is 0 Å². The number of anilines is 1. The van der Waals surface area contributed by atoms with Gasteiger partial charge in [-0.3, -0.25) is 0 Å². The van der Waals surface area contributed by atoms with Crippen LogP contribution in [0.4, 0.5) is 5.95 Å². The van der Waals surface area contributed by atoms with Crippen molar-refractivity contribution in [2.24, 2.45) is 5.92 Å². The highest BCUT2D eigenvalue weighted by atomic mass is 79.9. The molecule has 0 radical (unpaired) electrons. The van der Waals surface area contributed by atoms with Crippen LogP contribution in [0, 0.1) is 5.92 Å². The Hall–Kier alpha value is -1.07. The maximum absolute atomic E-state index is 5.93. The summed E-state index contributed by atoms with van der Waals surface area (Å²) in [7, 11) is 0. The number of imidazole rings is 1. The first-order valence-electron chi connectivity index (χ1n) is 6.07. The van der Waals surface area contributed by atoms with E-state index in [-0.39, 0.29) is 0 Å². The Kier molecular flexibility index (Phi) is 4.24. The van der Waals surface area contributed by atoms with Crippen molar-refractivity contribution in [1.29, 1.82) is 0 Å². The molecule has 1 aromatic heterocycles. The molecule has 1 aromatic carbocycles. The molecule has 2 aromatic rings. The third kappa shape index (κ3) is 3.03. The highest BCUT2D eigenvalue weighted by Crippen LogP contribution is 2.22. The van der Waals surface area contributed by atoms with E-state index >= 15 is 0 Å². The van der Waals surface area contributed by atoms with Crippen LogP contribution in [-0.2, 0) is 11.3 Å². The summed E-state index contributed by atoms with van der Waals surface area (Å²) in [5.41, 5.74) is 7.88. The first kappa shape index (κ1) is 13.4. The molecule has 0 amide bonds. The molecule has 0 bridgehead atoms. The quantitative estimate of drug-likeness (QED) is 0.863. The Morgan fingerprint density at radius 1 is 1.44 bits per heavy atom. The maximum atomic E-state index is 5.93. The van der Waals surface area contributed by atoms with Crippen molar-refractivity contribution in [2.75, 3.05) is 18.9 Å². The second kappa shape index (κ2) is 5.71. The van der Waals surface area contributed by atoms with E-state index < -0.39 is 0 Å². The number of aromatic nitrogens is 2. The van der Waals surface area contributed by atoms with Crippen LogP contribution in [0.5, 0.6) is 0 Å². The van der Waals surface area contributed by atoms with Crippen LogP contribution < -0.4 is 5.73 Å². The summed E-state index contributed by atoms with van der Waals surface area (Å²) in [5, 5.41) is 0. The third-order valence-corrected chi connectivity index (χ3v) is 3.14. The molecule has 2 rings (SSSR count). The predicted octanol–water partition coefficient (Wildman–Crippen LogP) is 3.05. The average Bonchev–Trinajstić information content (AvgIpc) is 2.60. The summed E-state index contributed by atoms with van der Waals surface area (Å²) in [6, 6.07) is 5.96. The van der Waals surface area contributed by atoms with Crippen LogP contribution in [0.2, 0.25) is 0 Å². The number of rotatable bonds is 5. The number of nitrogens with two attached hydrogens (primary N) is 1. The summed E-state index contributed by atoms with van der Waals surface area (Å²) in [6.07, 6.45) is 0. The number of benzene rings is 1. The van der Waals surface area contributed by atoms with Crippen molar-refractivity contribution in [3.05, 3.63) is 22.7 Å². The Morgan fingerprint density at radius 3 is 2.94 bits per heavy atom. The molecule has 4 nitrogen and oxygen atoms in total. The van der Waals surface area contributed by atoms with Crippen LogP contribution in [0.25, 0.3) is 11.0 Å². The zero-order valence-corrected chi connectivity index (χ0v) is 12.3. The maximum Gasteiger partial charge on any atom is 0.201 e. The molecule has 0 saturated carbocycles. The van der Waals surface area contributed by atoms with Crippen molar-refractivity contribution in [2.45, 2.75) is 20.4 Å². The highest BCUT2D eigenvalue weighted by molar-refractivity contribution is 9.10. The largest absolute Gasteiger partial charge is 0.379 e. The Bertz CT molecular complexity index is 536. The Balaban J connectivity index is 2.12. The zero-order chi connectivity index (χ0) is 13.1. The van der Waals surface area contributed by atoms with Crippen LogP contribution in [0.3, 0.4) is 0 Å². The second-order valence-electron chi connectivity index (χ2n) is 4.72. The molecule has 0 aliphatic carbocycles. The number of hydrogen-bond donors (Lipinski definition) is 1. The van der Waals surface area contributed by atoms with Crippen molar-refractivity contribution in [3.63, 3.8) is 0 Å². The molecule has 0 spiro atoms. The molecule has 0 aliphatic rings. The monoisotopic (exact) mass is 311 g/mol. The molecule has 1 heterocycles. The minimum absolute atomic E-state index is 0.538. The lowest BCUT2D eigenvalue weighted by Crippen LogP contribution is -2.11. The van der Waals surface area contributed by atoms with E-state index in [0.29, 0.717) is 18.5 Å². The van der Waals surface area contributed by atoms with Gasteiger partial charge in [-0.2, -0.15) is 0 Å². The van der Waals surface area contributed by atoms with E-state index in [1.165, 1.54) is 0 Å². The van der Waals surface area contributed by atoms with Crippen LogP contribution in [0.15, 0.2) is 22.7 Å².